The molecule has 1 unspecified atom stereocenters. The van der Waals surface area contributed by atoms with Crippen LogP contribution in [0.5, 0.6) is 0 Å². The van der Waals surface area contributed by atoms with Crippen molar-refractivity contribution in [3.8, 4) is 0 Å². The van der Waals surface area contributed by atoms with Crippen LogP contribution >= 0.6 is 0 Å². The van der Waals surface area contributed by atoms with E-state index in [0.717, 1.165) is 24.7 Å². The van der Waals surface area contributed by atoms with Crippen molar-refractivity contribution in [1.29, 1.82) is 0 Å². The molecular weight excluding hydrogens is 338 g/mol. The van der Waals surface area contributed by atoms with Crippen molar-refractivity contribution in [2.45, 2.75) is 44.0 Å². The summed E-state index contributed by atoms with van der Waals surface area (Å²) in [6.45, 7) is 4.21. The van der Waals surface area contributed by atoms with Gasteiger partial charge in [0.2, 0.25) is 0 Å². The Hall–Kier alpha value is -1.92. The fraction of sp³-hybridized carbons (Fsp3) is 0.421. The third-order valence-electron chi connectivity index (χ3n) is 3.54. The van der Waals surface area contributed by atoms with Gasteiger partial charge in [-0.25, -0.2) is 8.42 Å². The zero-order chi connectivity index (χ0) is 18.9. The Bertz CT molecular complexity index is 736. The molecule has 2 rings (SSSR count). The van der Waals surface area contributed by atoms with E-state index < -0.39 is 21.8 Å². The average molecular weight is 365 g/mol. The van der Waals surface area contributed by atoms with Gasteiger partial charge in [0.25, 0.3) is 0 Å². The average Bonchev–Trinajstić information content (AvgIpc) is 2.61. The SMILES string of the molecule is CC.CS(=O)(=O)c1cccc(CC(N)C(=O)OCC2=CCCC=C2)c1. The molecule has 0 fully saturated rings. The van der Waals surface area contributed by atoms with Crippen LogP contribution in [-0.4, -0.2) is 33.3 Å². The maximum atomic E-state index is 12.0. The highest BCUT2D eigenvalue weighted by Crippen LogP contribution is 2.14. The van der Waals surface area contributed by atoms with E-state index in [9.17, 15) is 13.2 Å². The molecular formula is C19H27NO4S. The Morgan fingerprint density at radius 2 is 2.00 bits per heavy atom. The summed E-state index contributed by atoms with van der Waals surface area (Å²) in [7, 11) is -3.28. The molecule has 2 N–H and O–H groups in total. The van der Waals surface area contributed by atoms with Crippen LogP contribution in [-0.2, 0) is 25.8 Å². The van der Waals surface area contributed by atoms with Crippen LogP contribution in [0.15, 0.2) is 53.0 Å². The smallest absolute Gasteiger partial charge is 0.323 e. The molecule has 0 spiro atoms. The van der Waals surface area contributed by atoms with Crippen molar-refractivity contribution < 1.29 is 17.9 Å². The quantitative estimate of drug-likeness (QED) is 0.783. The maximum Gasteiger partial charge on any atom is 0.323 e. The highest BCUT2D eigenvalue weighted by atomic mass is 32.2. The fourth-order valence-corrected chi connectivity index (χ4v) is 2.97. The lowest BCUT2D eigenvalue weighted by atomic mass is 10.1. The number of rotatable bonds is 6. The molecule has 138 valence electrons. The summed E-state index contributed by atoms with van der Waals surface area (Å²) < 4.78 is 28.3. The van der Waals surface area contributed by atoms with Gasteiger partial charge in [-0.1, -0.05) is 44.2 Å². The van der Waals surface area contributed by atoms with E-state index in [4.69, 9.17) is 10.5 Å². The molecule has 0 amide bonds. The predicted octanol–water partition coefficient (Wildman–Crippen LogP) is 2.81. The summed E-state index contributed by atoms with van der Waals surface area (Å²) in [5, 5.41) is 0. The number of esters is 1. The van der Waals surface area contributed by atoms with Crippen LogP contribution in [0.4, 0.5) is 0 Å². The minimum atomic E-state index is -3.28. The molecule has 0 radical (unpaired) electrons. The van der Waals surface area contributed by atoms with E-state index >= 15 is 0 Å². The summed E-state index contributed by atoms with van der Waals surface area (Å²) in [5.41, 5.74) is 7.52. The second-order valence-electron chi connectivity index (χ2n) is 5.60. The normalized spacial score (nSPS) is 14.8. The number of benzene rings is 1. The van der Waals surface area contributed by atoms with Crippen LogP contribution in [0, 0.1) is 0 Å². The number of nitrogens with two attached hydrogens (primary N) is 1. The Morgan fingerprint density at radius 1 is 1.28 bits per heavy atom. The molecule has 1 atom stereocenters. The number of ether oxygens (including phenoxy) is 1. The van der Waals surface area contributed by atoms with Gasteiger partial charge < -0.3 is 10.5 Å². The van der Waals surface area contributed by atoms with Gasteiger partial charge in [0.15, 0.2) is 9.84 Å². The van der Waals surface area contributed by atoms with Gasteiger partial charge in [0.1, 0.15) is 12.6 Å². The molecule has 6 heteroatoms. The standard InChI is InChI=1S/C17H21NO4S.C2H6/c1-23(20,21)15-9-5-8-14(10-15)11-16(18)17(19)22-12-13-6-3-2-4-7-13;1-2/h3,5-10,16H,2,4,11-12,18H2,1H3;1-2H3. The van der Waals surface area contributed by atoms with Crippen molar-refractivity contribution in [3.63, 3.8) is 0 Å². The number of sulfone groups is 1. The lowest BCUT2D eigenvalue weighted by molar-refractivity contribution is -0.144. The zero-order valence-corrected chi connectivity index (χ0v) is 15.9. The van der Waals surface area contributed by atoms with Crippen LogP contribution in [0.1, 0.15) is 32.3 Å². The summed E-state index contributed by atoms with van der Waals surface area (Å²) in [6, 6.07) is 5.62. The first-order valence-corrected chi connectivity index (χ1v) is 10.3. The van der Waals surface area contributed by atoms with Crippen molar-refractivity contribution in [2.24, 2.45) is 5.73 Å². The van der Waals surface area contributed by atoms with E-state index in [1.807, 2.05) is 32.1 Å². The minimum Gasteiger partial charge on any atom is -0.460 e. The van der Waals surface area contributed by atoms with Gasteiger partial charge in [0.05, 0.1) is 4.90 Å². The number of carbonyl (C=O) groups excluding carboxylic acids is 1. The van der Waals surface area contributed by atoms with Crippen molar-refractivity contribution in [3.05, 3.63) is 53.6 Å². The Balaban J connectivity index is 0.00000151. The van der Waals surface area contributed by atoms with E-state index in [1.54, 1.807) is 12.1 Å². The largest absolute Gasteiger partial charge is 0.460 e. The second-order valence-corrected chi connectivity index (χ2v) is 7.61. The minimum absolute atomic E-state index is 0.215. The van der Waals surface area contributed by atoms with E-state index in [-0.39, 0.29) is 17.9 Å². The summed E-state index contributed by atoms with van der Waals surface area (Å²) in [5.74, 6) is -0.491. The van der Waals surface area contributed by atoms with E-state index in [0.29, 0.717) is 5.56 Å². The van der Waals surface area contributed by atoms with Gasteiger partial charge in [-0.05, 0) is 42.5 Å². The van der Waals surface area contributed by atoms with Gasteiger partial charge in [-0.3, -0.25) is 4.79 Å². The van der Waals surface area contributed by atoms with E-state index in [2.05, 4.69) is 0 Å². The number of hydrogen-bond donors (Lipinski definition) is 1. The lowest BCUT2D eigenvalue weighted by Gasteiger charge is -2.13. The van der Waals surface area contributed by atoms with Crippen LogP contribution in [0.2, 0.25) is 0 Å². The first-order valence-electron chi connectivity index (χ1n) is 8.43. The number of carbonyl (C=O) groups is 1. The first-order chi connectivity index (χ1) is 11.9. The third-order valence-corrected chi connectivity index (χ3v) is 4.65. The topological polar surface area (TPSA) is 86.5 Å². The molecule has 0 heterocycles. The Labute approximate surface area is 150 Å². The molecule has 25 heavy (non-hydrogen) atoms. The molecule has 1 aromatic rings. The molecule has 0 aliphatic heterocycles. The van der Waals surface area contributed by atoms with Crippen LogP contribution in [0.3, 0.4) is 0 Å². The highest BCUT2D eigenvalue weighted by Gasteiger charge is 2.17. The Kier molecular flexibility index (Phi) is 8.58. The lowest BCUT2D eigenvalue weighted by Crippen LogP contribution is -2.34. The second kappa shape index (κ2) is 10.2. The number of allylic oxidation sites excluding steroid dienone is 2. The van der Waals surface area contributed by atoms with Crippen LogP contribution < -0.4 is 5.73 Å². The van der Waals surface area contributed by atoms with Crippen molar-refractivity contribution in [1.82, 2.24) is 0 Å². The van der Waals surface area contributed by atoms with E-state index in [1.165, 1.54) is 12.1 Å². The maximum absolute atomic E-state index is 12.0. The monoisotopic (exact) mass is 365 g/mol. The van der Waals surface area contributed by atoms with Crippen molar-refractivity contribution >= 4 is 15.8 Å². The molecule has 1 aliphatic carbocycles. The molecule has 0 saturated heterocycles. The van der Waals surface area contributed by atoms with Gasteiger partial charge in [-0.2, -0.15) is 0 Å². The number of hydrogen-bond acceptors (Lipinski definition) is 5. The van der Waals surface area contributed by atoms with Gasteiger partial charge in [-0.15, -0.1) is 0 Å². The molecule has 1 aromatic carbocycles. The van der Waals surface area contributed by atoms with Gasteiger partial charge >= 0.3 is 5.97 Å². The molecule has 0 bridgehead atoms. The molecule has 0 aromatic heterocycles. The molecule has 1 aliphatic rings. The highest BCUT2D eigenvalue weighted by molar-refractivity contribution is 7.90. The summed E-state index contributed by atoms with van der Waals surface area (Å²) in [4.78, 5) is 12.2. The predicted molar refractivity (Wildman–Crippen MR) is 100.0 cm³/mol. The fourth-order valence-electron chi connectivity index (χ4n) is 2.28. The third kappa shape index (κ3) is 7.23. The van der Waals surface area contributed by atoms with Gasteiger partial charge in [0, 0.05) is 6.26 Å². The Morgan fingerprint density at radius 3 is 2.60 bits per heavy atom. The van der Waals surface area contributed by atoms with Crippen LogP contribution in [0.25, 0.3) is 0 Å². The molecule has 5 nitrogen and oxygen atoms in total. The zero-order valence-electron chi connectivity index (χ0n) is 15.1. The first kappa shape index (κ1) is 21.1. The molecule has 0 saturated carbocycles. The summed E-state index contributed by atoms with van der Waals surface area (Å²) in [6.07, 6.45) is 9.36. The summed E-state index contributed by atoms with van der Waals surface area (Å²) >= 11 is 0. The van der Waals surface area contributed by atoms with Crippen molar-refractivity contribution in [2.75, 3.05) is 12.9 Å².